The van der Waals surface area contributed by atoms with Crippen molar-refractivity contribution in [2.45, 2.75) is 38.8 Å². The third kappa shape index (κ3) is 4.68. The first-order chi connectivity index (χ1) is 10.6. The van der Waals surface area contributed by atoms with Crippen molar-refractivity contribution in [1.82, 2.24) is 15.3 Å². The summed E-state index contributed by atoms with van der Waals surface area (Å²) in [5.74, 6) is -0.0788. The first-order valence-corrected chi connectivity index (χ1v) is 8.15. The second kappa shape index (κ2) is 8.10. The molecule has 3 N–H and O–H groups in total. The van der Waals surface area contributed by atoms with Crippen molar-refractivity contribution in [3.63, 3.8) is 0 Å². The summed E-state index contributed by atoms with van der Waals surface area (Å²) in [4.78, 5) is 18.7. The number of carbonyl (C=O) groups is 1. The first kappa shape index (κ1) is 16.7. The molecule has 6 heteroatoms. The molecule has 0 amide bonds. The topological polar surface area (TPSA) is 78.0 Å². The average Bonchev–Trinajstić information content (AvgIpc) is 2.96. The number of carboxylic acids is 1. The van der Waals surface area contributed by atoms with Crippen LogP contribution in [0.3, 0.4) is 0 Å². The van der Waals surface area contributed by atoms with Crippen LogP contribution in [0.1, 0.15) is 32.0 Å². The number of nitrogens with zero attached hydrogens (tertiary/aromatic N) is 1. The molecule has 0 saturated heterocycles. The maximum atomic E-state index is 11.2. The molecule has 1 atom stereocenters. The molecule has 2 aromatic rings. The molecule has 1 aromatic carbocycles. The molecular formula is C16H20BrN3O2. The first-order valence-electron chi connectivity index (χ1n) is 7.36. The number of hydrogen-bond acceptors (Lipinski definition) is 3. The molecule has 0 aliphatic heterocycles. The molecule has 0 aliphatic rings. The molecule has 1 aromatic heterocycles. The maximum absolute atomic E-state index is 11.2. The highest BCUT2D eigenvalue weighted by atomic mass is 79.9. The minimum Gasteiger partial charge on any atom is -0.480 e. The Bertz CT molecular complexity index is 627. The number of aliphatic carboxylic acids is 1. The lowest BCUT2D eigenvalue weighted by Crippen LogP contribution is -2.36. The van der Waals surface area contributed by atoms with E-state index < -0.39 is 12.0 Å². The highest BCUT2D eigenvalue weighted by Crippen LogP contribution is 2.21. The minimum atomic E-state index is -0.813. The Morgan fingerprint density at radius 1 is 1.50 bits per heavy atom. The van der Waals surface area contributed by atoms with Gasteiger partial charge in [0, 0.05) is 10.0 Å². The predicted molar refractivity (Wildman–Crippen MR) is 89.5 cm³/mol. The summed E-state index contributed by atoms with van der Waals surface area (Å²) < 4.78 is 1.00. The summed E-state index contributed by atoms with van der Waals surface area (Å²) in [5.41, 5.74) is 1.95. The van der Waals surface area contributed by atoms with Gasteiger partial charge in [-0.2, -0.15) is 0 Å². The average molecular weight is 366 g/mol. The van der Waals surface area contributed by atoms with Gasteiger partial charge in [0.15, 0.2) is 0 Å². The molecule has 0 unspecified atom stereocenters. The number of rotatable bonds is 8. The largest absolute Gasteiger partial charge is 0.480 e. The van der Waals surface area contributed by atoms with Gasteiger partial charge in [0.1, 0.15) is 11.9 Å². The third-order valence-corrected chi connectivity index (χ3v) is 3.92. The summed E-state index contributed by atoms with van der Waals surface area (Å²) in [7, 11) is 0. The zero-order valence-electron chi connectivity index (χ0n) is 12.5. The van der Waals surface area contributed by atoms with Crippen LogP contribution in [-0.2, 0) is 11.3 Å². The van der Waals surface area contributed by atoms with E-state index in [9.17, 15) is 9.90 Å². The van der Waals surface area contributed by atoms with Gasteiger partial charge in [0.2, 0.25) is 0 Å². The van der Waals surface area contributed by atoms with Gasteiger partial charge < -0.3 is 10.1 Å². The van der Waals surface area contributed by atoms with Crippen molar-refractivity contribution in [3.05, 3.63) is 40.8 Å². The lowest BCUT2D eigenvalue weighted by atomic mass is 10.1. The van der Waals surface area contributed by atoms with Crippen LogP contribution in [0.5, 0.6) is 0 Å². The second-order valence-corrected chi connectivity index (χ2v) is 6.08. The SMILES string of the molecule is CCCC[C@H](NCc1ncc(-c2cccc(Br)c2)[nH]1)C(=O)O. The van der Waals surface area contributed by atoms with Crippen molar-refractivity contribution in [1.29, 1.82) is 0 Å². The van der Waals surface area contributed by atoms with Crippen molar-refractivity contribution in [2.75, 3.05) is 0 Å². The Kier molecular flexibility index (Phi) is 6.15. The number of unbranched alkanes of at least 4 members (excludes halogenated alkanes) is 1. The van der Waals surface area contributed by atoms with E-state index in [1.807, 2.05) is 24.3 Å². The lowest BCUT2D eigenvalue weighted by molar-refractivity contribution is -0.139. The summed E-state index contributed by atoms with van der Waals surface area (Å²) >= 11 is 3.44. The quantitative estimate of drug-likeness (QED) is 0.668. The Hall–Kier alpha value is -1.66. The van der Waals surface area contributed by atoms with E-state index in [1.165, 1.54) is 0 Å². The van der Waals surface area contributed by atoms with E-state index in [-0.39, 0.29) is 0 Å². The smallest absolute Gasteiger partial charge is 0.320 e. The number of carboxylic acid groups (broad SMARTS) is 1. The molecule has 0 saturated carbocycles. The standard InChI is InChI=1S/C16H20BrN3O2/c1-2-3-7-13(16(21)22)18-10-15-19-9-14(20-15)11-5-4-6-12(17)8-11/h4-6,8-9,13,18H,2-3,7,10H2,1H3,(H,19,20)(H,21,22)/t13-/m0/s1. The van der Waals surface area contributed by atoms with Gasteiger partial charge in [0.25, 0.3) is 0 Å². The molecule has 0 radical (unpaired) electrons. The summed E-state index contributed by atoms with van der Waals surface area (Å²) in [5, 5.41) is 12.2. The molecule has 0 spiro atoms. The molecule has 2 rings (SSSR count). The second-order valence-electron chi connectivity index (χ2n) is 5.17. The van der Waals surface area contributed by atoms with Crippen molar-refractivity contribution >= 4 is 21.9 Å². The minimum absolute atomic E-state index is 0.411. The lowest BCUT2D eigenvalue weighted by Gasteiger charge is -2.12. The number of halogens is 1. The Morgan fingerprint density at radius 2 is 2.32 bits per heavy atom. The summed E-state index contributed by atoms with van der Waals surface area (Å²) in [6.45, 7) is 2.46. The molecule has 0 fully saturated rings. The van der Waals surface area contributed by atoms with Gasteiger partial charge in [0.05, 0.1) is 18.4 Å². The van der Waals surface area contributed by atoms with E-state index >= 15 is 0 Å². The number of nitrogens with one attached hydrogen (secondary N) is 2. The number of aromatic amines is 1. The van der Waals surface area contributed by atoms with Crippen LogP contribution in [0.4, 0.5) is 0 Å². The van der Waals surface area contributed by atoms with Gasteiger partial charge in [-0.3, -0.25) is 10.1 Å². The van der Waals surface area contributed by atoms with Gasteiger partial charge in [-0.15, -0.1) is 0 Å². The Morgan fingerprint density at radius 3 is 3.00 bits per heavy atom. The molecular weight excluding hydrogens is 346 g/mol. The fourth-order valence-electron chi connectivity index (χ4n) is 2.20. The molecule has 0 bridgehead atoms. The summed E-state index contributed by atoms with van der Waals surface area (Å²) in [6, 6.07) is 7.40. The third-order valence-electron chi connectivity index (χ3n) is 3.42. The van der Waals surface area contributed by atoms with Gasteiger partial charge in [-0.1, -0.05) is 47.8 Å². The number of H-pyrrole nitrogens is 1. The Labute approximate surface area is 138 Å². The molecule has 5 nitrogen and oxygen atoms in total. The Balaban J connectivity index is 1.98. The monoisotopic (exact) mass is 365 g/mol. The van der Waals surface area contributed by atoms with E-state index in [1.54, 1.807) is 6.20 Å². The van der Waals surface area contributed by atoms with E-state index in [0.717, 1.165) is 34.4 Å². The van der Waals surface area contributed by atoms with E-state index in [0.29, 0.717) is 13.0 Å². The van der Waals surface area contributed by atoms with Gasteiger partial charge >= 0.3 is 5.97 Å². The van der Waals surface area contributed by atoms with Crippen LogP contribution in [0, 0.1) is 0 Å². The van der Waals surface area contributed by atoms with E-state index in [2.05, 4.69) is 38.1 Å². The van der Waals surface area contributed by atoms with Crippen LogP contribution in [0.25, 0.3) is 11.3 Å². The van der Waals surface area contributed by atoms with Crippen LogP contribution < -0.4 is 5.32 Å². The van der Waals surface area contributed by atoms with Crippen LogP contribution in [-0.4, -0.2) is 27.1 Å². The molecule has 22 heavy (non-hydrogen) atoms. The van der Waals surface area contributed by atoms with Crippen molar-refractivity contribution < 1.29 is 9.90 Å². The number of aromatic nitrogens is 2. The zero-order chi connectivity index (χ0) is 15.9. The predicted octanol–water partition coefficient (Wildman–Crippen LogP) is 3.57. The highest BCUT2D eigenvalue weighted by Gasteiger charge is 2.16. The zero-order valence-corrected chi connectivity index (χ0v) is 14.1. The van der Waals surface area contributed by atoms with Crippen LogP contribution >= 0.6 is 15.9 Å². The fourth-order valence-corrected chi connectivity index (χ4v) is 2.60. The van der Waals surface area contributed by atoms with Crippen LogP contribution in [0.15, 0.2) is 34.9 Å². The molecule has 118 valence electrons. The van der Waals surface area contributed by atoms with Crippen LogP contribution in [0.2, 0.25) is 0 Å². The highest BCUT2D eigenvalue weighted by molar-refractivity contribution is 9.10. The van der Waals surface area contributed by atoms with E-state index in [4.69, 9.17) is 0 Å². The number of hydrogen-bond donors (Lipinski definition) is 3. The fraction of sp³-hybridized carbons (Fsp3) is 0.375. The maximum Gasteiger partial charge on any atom is 0.320 e. The number of imidazole rings is 1. The molecule has 0 aliphatic carbocycles. The molecule has 1 heterocycles. The normalized spacial score (nSPS) is 12.3. The number of benzene rings is 1. The van der Waals surface area contributed by atoms with Gasteiger partial charge in [-0.05, 0) is 18.6 Å². The van der Waals surface area contributed by atoms with Crippen molar-refractivity contribution in [2.24, 2.45) is 0 Å². The van der Waals surface area contributed by atoms with Crippen molar-refractivity contribution in [3.8, 4) is 11.3 Å². The van der Waals surface area contributed by atoms with Gasteiger partial charge in [-0.25, -0.2) is 4.98 Å². The summed E-state index contributed by atoms with van der Waals surface area (Å²) in [6.07, 6.45) is 4.27.